The third-order valence-electron chi connectivity index (χ3n) is 13.1. The molecule has 11 aromatic rings. The van der Waals surface area contributed by atoms with E-state index in [0.717, 1.165) is 62.0 Å². The van der Waals surface area contributed by atoms with Crippen molar-refractivity contribution in [2.24, 2.45) is 0 Å². The van der Waals surface area contributed by atoms with Crippen LogP contribution in [0.1, 0.15) is 22.3 Å². The number of nitrogens with zero attached hydrogens (tertiary/aromatic N) is 1. The summed E-state index contributed by atoms with van der Waals surface area (Å²) in [5.41, 5.74) is 13.9. The van der Waals surface area contributed by atoms with E-state index in [1.54, 1.807) is 0 Å². The highest BCUT2D eigenvalue weighted by molar-refractivity contribution is 6.06. The summed E-state index contributed by atoms with van der Waals surface area (Å²) in [6.45, 7) is 0. The molecule has 0 amide bonds. The minimum absolute atomic E-state index is 0.596. The normalized spacial score (nSPS) is 13.1. The van der Waals surface area contributed by atoms with Crippen LogP contribution in [-0.2, 0) is 5.41 Å². The maximum atomic E-state index is 6.86. The predicted octanol–water partition coefficient (Wildman–Crippen LogP) is 16.0. The van der Waals surface area contributed by atoms with E-state index in [4.69, 9.17) is 9.15 Å². The second-order valence-electron chi connectivity index (χ2n) is 16.4. The molecule has 0 saturated carbocycles. The van der Waals surface area contributed by atoms with Gasteiger partial charge in [-0.3, -0.25) is 0 Å². The van der Waals surface area contributed by atoms with Crippen molar-refractivity contribution in [2.45, 2.75) is 5.41 Å². The quantitative estimate of drug-likeness (QED) is 0.174. The van der Waals surface area contributed by atoms with Crippen molar-refractivity contribution in [1.29, 1.82) is 0 Å². The van der Waals surface area contributed by atoms with Crippen LogP contribution in [0.15, 0.2) is 229 Å². The average molecular weight is 792 g/mol. The summed E-state index contributed by atoms with van der Waals surface area (Å²) in [6.07, 6.45) is 0. The zero-order valence-corrected chi connectivity index (χ0v) is 33.6. The van der Waals surface area contributed by atoms with Crippen molar-refractivity contribution in [3.05, 3.63) is 247 Å². The number of hydrogen-bond donors (Lipinski definition) is 0. The summed E-state index contributed by atoms with van der Waals surface area (Å²) in [5, 5.41) is 5.93. The van der Waals surface area contributed by atoms with Crippen molar-refractivity contribution < 1.29 is 9.15 Å². The lowest BCUT2D eigenvalue weighted by Gasteiger charge is -2.39. The number of hydrogen-bond acceptors (Lipinski definition) is 3. The van der Waals surface area contributed by atoms with Crippen molar-refractivity contribution in [3.8, 4) is 45.1 Å². The molecule has 0 radical (unpaired) electrons. The molecule has 1 aromatic heterocycles. The van der Waals surface area contributed by atoms with E-state index in [-0.39, 0.29) is 0 Å². The van der Waals surface area contributed by atoms with Crippen LogP contribution in [0.4, 0.5) is 17.1 Å². The molecule has 0 bridgehead atoms. The molecule has 0 fully saturated rings. The second kappa shape index (κ2) is 13.4. The predicted molar refractivity (Wildman–Crippen MR) is 254 cm³/mol. The topological polar surface area (TPSA) is 25.6 Å². The number of benzene rings is 10. The van der Waals surface area contributed by atoms with Gasteiger partial charge in [0.25, 0.3) is 0 Å². The van der Waals surface area contributed by atoms with Gasteiger partial charge in [-0.2, -0.15) is 0 Å². The Bertz CT molecular complexity index is 3510. The van der Waals surface area contributed by atoms with Crippen LogP contribution in [0.3, 0.4) is 0 Å². The van der Waals surface area contributed by atoms with Crippen LogP contribution in [0.2, 0.25) is 0 Å². The Morgan fingerprint density at radius 3 is 1.73 bits per heavy atom. The zero-order chi connectivity index (χ0) is 40.8. The molecular formula is C59H37NO2. The Morgan fingerprint density at radius 2 is 0.952 bits per heavy atom. The van der Waals surface area contributed by atoms with E-state index in [1.807, 2.05) is 6.07 Å². The highest BCUT2D eigenvalue weighted by atomic mass is 16.5. The summed E-state index contributed by atoms with van der Waals surface area (Å²) < 4.78 is 13.6. The molecule has 3 heteroatoms. The van der Waals surface area contributed by atoms with Crippen molar-refractivity contribution >= 4 is 49.6 Å². The van der Waals surface area contributed by atoms with Gasteiger partial charge in [-0.1, -0.05) is 164 Å². The number of para-hydroxylation sites is 3. The van der Waals surface area contributed by atoms with Gasteiger partial charge in [-0.05, 0) is 116 Å². The minimum Gasteiger partial charge on any atom is -0.457 e. The molecule has 1 aliphatic heterocycles. The van der Waals surface area contributed by atoms with Gasteiger partial charge in [0.1, 0.15) is 22.8 Å². The monoisotopic (exact) mass is 791 g/mol. The van der Waals surface area contributed by atoms with Crippen LogP contribution in [0, 0.1) is 0 Å². The fourth-order valence-electron chi connectivity index (χ4n) is 10.4. The molecule has 290 valence electrons. The molecular weight excluding hydrogens is 755 g/mol. The largest absolute Gasteiger partial charge is 0.457 e. The first kappa shape index (κ1) is 34.7. The molecule has 0 atom stereocenters. The molecule has 3 nitrogen and oxygen atoms in total. The molecule has 0 unspecified atom stereocenters. The van der Waals surface area contributed by atoms with Gasteiger partial charge < -0.3 is 14.1 Å². The summed E-state index contributed by atoms with van der Waals surface area (Å²) >= 11 is 0. The minimum atomic E-state index is -0.596. The average Bonchev–Trinajstić information content (AvgIpc) is 3.85. The van der Waals surface area contributed by atoms with Crippen LogP contribution < -0.4 is 9.64 Å². The number of fused-ring (bicyclic) bond motifs is 12. The highest BCUT2D eigenvalue weighted by Crippen LogP contribution is 2.63. The van der Waals surface area contributed by atoms with Gasteiger partial charge in [0.15, 0.2) is 5.76 Å². The smallest absolute Gasteiger partial charge is 0.159 e. The summed E-state index contributed by atoms with van der Waals surface area (Å²) in [6, 6.07) is 80.9. The Balaban J connectivity index is 1.09. The molecule has 10 aromatic carbocycles. The number of rotatable bonds is 5. The third-order valence-corrected chi connectivity index (χ3v) is 13.1. The van der Waals surface area contributed by atoms with Crippen molar-refractivity contribution in [3.63, 3.8) is 0 Å². The SMILES string of the molecule is c1ccc(-c2oc3ccccc3c2N(c2ccc(-c3cccc4ccccc34)cc2)c2ccc3c(c2)-c2cc4ccccc4cc2C32c3ccccc3Oc3ccccc32)cc1. The van der Waals surface area contributed by atoms with E-state index < -0.39 is 5.41 Å². The molecule has 2 heterocycles. The molecule has 0 N–H and O–H groups in total. The van der Waals surface area contributed by atoms with Gasteiger partial charge in [0.2, 0.25) is 0 Å². The Hall–Kier alpha value is -8.14. The Kier molecular flexibility index (Phi) is 7.52. The van der Waals surface area contributed by atoms with Gasteiger partial charge in [-0.15, -0.1) is 0 Å². The first-order chi connectivity index (χ1) is 30.7. The molecule has 2 aliphatic rings. The molecule has 62 heavy (non-hydrogen) atoms. The van der Waals surface area contributed by atoms with Gasteiger partial charge in [0.05, 0.1) is 5.41 Å². The summed E-state index contributed by atoms with van der Waals surface area (Å²) in [7, 11) is 0. The van der Waals surface area contributed by atoms with E-state index in [0.29, 0.717) is 0 Å². The summed E-state index contributed by atoms with van der Waals surface area (Å²) in [5.74, 6) is 2.58. The number of furan rings is 1. The first-order valence-electron chi connectivity index (χ1n) is 21.2. The van der Waals surface area contributed by atoms with Crippen molar-refractivity contribution in [2.75, 3.05) is 4.90 Å². The lowest BCUT2D eigenvalue weighted by atomic mass is 9.66. The van der Waals surface area contributed by atoms with Crippen LogP contribution >= 0.6 is 0 Å². The first-order valence-corrected chi connectivity index (χ1v) is 21.2. The van der Waals surface area contributed by atoms with Crippen LogP contribution in [0.25, 0.3) is 66.1 Å². The zero-order valence-electron chi connectivity index (χ0n) is 33.6. The third kappa shape index (κ3) is 5.00. The Morgan fingerprint density at radius 1 is 0.355 bits per heavy atom. The molecule has 0 saturated heterocycles. The second-order valence-corrected chi connectivity index (χ2v) is 16.4. The Labute approximate surface area is 359 Å². The molecule has 1 aliphatic carbocycles. The molecule has 1 spiro atoms. The van der Waals surface area contributed by atoms with Gasteiger partial charge >= 0.3 is 0 Å². The van der Waals surface area contributed by atoms with Crippen LogP contribution in [-0.4, -0.2) is 0 Å². The lowest BCUT2D eigenvalue weighted by molar-refractivity contribution is 0.436. The summed E-state index contributed by atoms with van der Waals surface area (Å²) in [4.78, 5) is 2.40. The van der Waals surface area contributed by atoms with Gasteiger partial charge in [-0.25, -0.2) is 0 Å². The standard InChI is InChI=1S/C59H37NO2/c1-2-16-40(17-3-1)58-57(47-22-8-11-26-54(47)62-58)60(43-31-29-39(30-32-43)46-23-14-20-38-15-6-7-21-45(38)46)44-33-34-50-49(37-44)48-35-41-18-4-5-19-42(41)36-53(48)59(50)51-24-9-12-27-55(51)61-56-28-13-10-25-52(56)59/h1-37H. The fourth-order valence-corrected chi connectivity index (χ4v) is 10.4. The lowest BCUT2D eigenvalue weighted by Crippen LogP contribution is -2.32. The highest BCUT2D eigenvalue weighted by Gasteiger charge is 2.51. The van der Waals surface area contributed by atoms with E-state index >= 15 is 0 Å². The number of ether oxygens (including phenoxy) is 1. The van der Waals surface area contributed by atoms with Gasteiger partial charge in [0, 0.05) is 33.5 Å². The maximum absolute atomic E-state index is 6.86. The van der Waals surface area contributed by atoms with E-state index in [9.17, 15) is 0 Å². The van der Waals surface area contributed by atoms with Crippen molar-refractivity contribution in [1.82, 2.24) is 0 Å². The number of anilines is 3. The van der Waals surface area contributed by atoms with E-state index in [2.05, 4.69) is 223 Å². The maximum Gasteiger partial charge on any atom is 0.159 e. The fraction of sp³-hybridized carbons (Fsp3) is 0.0169. The van der Waals surface area contributed by atoms with E-state index in [1.165, 1.54) is 54.9 Å². The molecule has 13 rings (SSSR count). The van der Waals surface area contributed by atoms with Crippen LogP contribution in [0.5, 0.6) is 11.5 Å².